The molecule has 0 N–H and O–H groups in total. The Morgan fingerprint density at radius 1 is 1.42 bits per heavy atom. The van der Waals surface area contributed by atoms with Crippen LogP contribution >= 0.6 is 0 Å². The highest BCUT2D eigenvalue weighted by atomic mass is 19.4. The van der Waals surface area contributed by atoms with Gasteiger partial charge in [0, 0.05) is 6.20 Å². The number of aromatic nitrogens is 1. The van der Waals surface area contributed by atoms with E-state index in [4.69, 9.17) is 0 Å². The first kappa shape index (κ1) is 8.90. The van der Waals surface area contributed by atoms with Gasteiger partial charge in [-0.05, 0) is 6.07 Å². The van der Waals surface area contributed by atoms with Crippen LogP contribution in [0.2, 0.25) is 0 Å². The normalized spacial score (nSPS) is 11.3. The number of methoxy groups -OCH3 is 1. The van der Waals surface area contributed by atoms with Gasteiger partial charge in [0.15, 0.2) is 0 Å². The fourth-order valence-electron chi connectivity index (χ4n) is 0.740. The van der Waals surface area contributed by atoms with Gasteiger partial charge in [-0.1, -0.05) is 6.07 Å². The zero-order valence-electron chi connectivity index (χ0n) is 6.30. The molecule has 0 aliphatic rings. The van der Waals surface area contributed by atoms with Crippen molar-refractivity contribution in [1.29, 1.82) is 0 Å². The molecule has 0 atom stereocenters. The molecule has 1 aromatic rings. The number of ether oxygens (including phenoxy) is 1. The van der Waals surface area contributed by atoms with Crippen LogP contribution in [-0.2, 0) is 0 Å². The van der Waals surface area contributed by atoms with Gasteiger partial charge in [0.05, 0.1) is 7.11 Å². The number of pyridine rings is 1. The van der Waals surface area contributed by atoms with Crippen molar-refractivity contribution in [2.24, 2.45) is 0 Å². The number of nitrogens with zero attached hydrogens (tertiary/aromatic N) is 1. The van der Waals surface area contributed by atoms with E-state index in [1.54, 1.807) is 0 Å². The third kappa shape index (κ3) is 1.90. The summed E-state index contributed by atoms with van der Waals surface area (Å²) in [4.78, 5) is 3.56. The van der Waals surface area contributed by atoms with Gasteiger partial charge in [-0.25, -0.2) is 4.98 Å². The van der Waals surface area contributed by atoms with Crippen molar-refractivity contribution in [1.82, 2.24) is 4.98 Å². The highest BCUT2D eigenvalue weighted by molar-refractivity contribution is 6.73. The zero-order chi connectivity index (χ0) is 9.19. The van der Waals surface area contributed by atoms with Crippen molar-refractivity contribution in [3.8, 4) is 5.88 Å². The highest BCUT2D eigenvalue weighted by Crippen LogP contribution is 2.11. The Bertz CT molecular complexity index is 276. The van der Waals surface area contributed by atoms with E-state index in [-0.39, 0.29) is 5.88 Å². The molecule has 0 aromatic carbocycles. The van der Waals surface area contributed by atoms with E-state index < -0.39 is 12.4 Å². The van der Waals surface area contributed by atoms with Crippen molar-refractivity contribution < 1.29 is 17.7 Å². The Morgan fingerprint density at radius 2 is 2.08 bits per heavy atom. The van der Waals surface area contributed by atoms with Crippen LogP contribution in [0.5, 0.6) is 5.88 Å². The molecule has 66 valence electrons. The van der Waals surface area contributed by atoms with Gasteiger partial charge >= 0.3 is 6.98 Å². The summed E-state index contributed by atoms with van der Waals surface area (Å²) in [5.74, 6) is -0.0216. The molecule has 0 amide bonds. The summed E-state index contributed by atoms with van der Waals surface area (Å²) in [6.45, 7) is -4.95. The van der Waals surface area contributed by atoms with E-state index in [9.17, 15) is 12.9 Å². The topological polar surface area (TPSA) is 22.1 Å². The highest BCUT2D eigenvalue weighted by Gasteiger charge is 2.25. The van der Waals surface area contributed by atoms with Gasteiger partial charge in [-0.3, -0.25) is 0 Å². The maximum absolute atomic E-state index is 12.1. The first-order chi connectivity index (χ1) is 5.54. The van der Waals surface area contributed by atoms with Crippen LogP contribution in [0.15, 0.2) is 18.3 Å². The molecule has 1 heterocycles. The SMILES string of the molecule is COc1cc([B-](F)(F)F)ccn1. The Morgan fingerprint density at radius 3 is 2.58 bits per heavy atom. The molecule has 6 heteroatoms. The van der Waals surface area contributed by atoms with Gasteiger partial charge in [0.1, 0.15) is 0 Å². The van der Waals surface area contributed by atoms with E-state index in [0.717, 1.165) is 18.3 Å². The van der Waals surface area contributed by atoms with Crippen LogP contribution in [0, 0.1) is 0 Å². The predicted octanol–water partition coefficient (Wildman–Crippen LogP) is 1.14. The zero-order valence-corrected chi connectivity index (χ0v) is 6.30. The van der Waals surface area contributed by atoms with Crippen molar-refractivity contribution in [3.05, 3.63) is 18.3 Å². The molecular formula is C6H6BF3NO-. The van der Waals surface area contributed by atoms with Crippen LogP contribution in [0.3, 0.4) is 0 Å². The molecule has 0 saturated carbocycles. The molecule has 0 spiro atoms. The van der Waals surface area contributed by atoms with Gasteiger partial charge in [0.25, 0.3) is 0 Å². The minimum Gasteiger partial charge on any atom is -0.481 e. The maximum atomic E-state index is 12.1. The van der Waals surface area contributed by atoms with Crippen molar-refractivity contribution >= 4 is 12.4 Å². The summed E-state index contributed by atoms with van der Waals surface area (Å²) in [6, 6.07) is 1.79. The lowest BCUT2D eigenvalue weighted by Gasteiger charge is -2.14. The molecule has 12 heavy (non-hydrogen) atoms. The molecule has 1 rings (SSSR count). The van der Waals surface area contributed by atoms with E-state index in [1.165, 1.54) is 7.11 Å². The molecule has 0 radical (unpaired) electrons. The average Bonchev–Trinajstić information content (AvgIpc) is 2.03. The van der Waals surface area contributed by atoms with Gasteiger partial charge in [-0.15, -0.1) is 5.46 Å². The summed E-state index contributed by atoms with van der Waals surface area (Å²) in [5, 5.41) is 0. The second kappa shape index (κ2) is 3.04. The van der Waals surface area contributed by atoms with Gasteiger partial charge in [0.2, 0.25) is 5.88 Å². The largest absolute Gasteiger partial charge is 0.509 e. The molecule has 0 aliphatic carbocycles. The number of hydrogen-bond donors (Lipinski definition) is 0. The van der Waals surface area contributed by atoms with Crippen molar-refractivity contribution in [2.45, 2.75) is 0 Å². The Balaban J connectivity index is 3.02. The van der Waals surface area contributed by atoms with Crippen LogP contribution in [-0.4, -0.2) is 19.1 Å². The molecule has 0 unspecified atom stereocenters. The number of halogens is 3. The van der Waals surface area contributed by atoms with Crippen molar-refractivity contribution in [3.63, 3.8) is 0 Å². The van der Waals surface area contributed by atoms with Crippen LogP contribution in [0.4, 0.5) is 12.9 Å². The molecule has 0 aliphatic heterocycles. The summed E-state index contributed by atoms with van der Waals surface area (Å²) in [6.07, 6.45) is 1.07. The average molecular weight is 176 g/mol. The molecule has 0 fully saturated rings. The monoisotopic (exact) mass is 176 g/mol. The minimum absolute atomic E-state index is 0.0216. The van der Waals surface area contributed by atoms with Crippen LogP contribution in [0.1, 0.15) is 0 Å². The maximum Gasteiger partial charge on any atom is 0.509 e. The third-order valence-corrected chi connectivity index (χ3v) is 1.35. The van der Waals surface area contributed by atoms with Crippen LogP contribution < -0.4 is 10.2 Å². The van der Waals surface area contributed by atoms with Crippen LogP contribution in [0.25, 0.3) is 0 Å². The second-order valence-electron chi connectivity index (χ2n) is 2.21. The second-order valence-corrected chi connectivity index (χ2v) is 2.21. The number of hydrogen-bond acceptors (Lipinski definition) is 2. The number of rotatable bonds is 2. The summed E-state index contributed by atoms with van der Waals surface area (Å²) >= 11 is 0. The van der Waals surface area contributed by atoms with E-state index >= 15 is 0 Å². The Labute approximate surface area is 67.4 Å². The molecule has 2 nitrogen and oxygen atoms in total. The molecule has 0 bridgehead atoms. The summed E-state index contributed by atoms with van der Waals surface area (Å²) in [7, 11) is 1.27. The lowest BCUT2D eigenvalue weighted by atomic mass is 9.81. The quantitative estimate of drug-likeness (QED) is 0.630. The first-order valence-corrected chi connectivity index (χ1v) is 3.24. The smallest absolute Gasteiger partial charge is 0.481 e. The minimum atomic E-state index is -4.95. The van der Waals surface area contributed by atoms with Gasteiger partial charge in [-0.2, -0.15) is 0 Å². The van der Waals surface area contributed by atoms with Gasteiger partial charge < -0.3 is 17.7 Å². The van der Waals surface area contributed by atoms with E-state index in [2.05, 4.69) is 9.72 Å². The standard InChI is InChI=1S/C6H6BF3NO/c1-12-6-4-5(2-3-11-6)7(8,9)10/h2-4H,1H3/q-1. The molecule has 1 aromatic heterocycles. The molecular weight excluding hydrogens is 170 g/mol. The Kier molecular flexibility index (Phi) is 2.26. The fourth-order valence-corrected chi connectivity index (χ4v) is 0.740. The lowest BCUT2D eigenvalue weighted by Crippen LogP contribution is -2.33. The van der Waals surface area contributed by atoms with Crippen molar-refractivity contribution in [2.75, 3.05) is 7.11 Å². The van der Waals surface area contributed by atoms with E-state index in [0.29, 0.717) is 0 Å². The summed E-state index contributed by atoms with van der Waals surface area (Å²) < 4.78 is 40.8. The summed E-state index contributed by atoms with van der Waals surface area (Å²) in [5.41, 5.74) is -0.693. The Hall–Kier alpha value is -1.20. The molecule has 0 saturated heterocycles. The predicted molar refractivity (Wildman–Crippen MR) is 39.5 cm³/mol. The first-order valence-electron chi connectivity index (χ1n) is 3.24. The lowest BCUT2D eigenvalue weighted by molar-refractivity contribution is 0.397. The fraction of sp³-hybridized carbons (Fsp3) is 0.167. The van der Waals surface area contributed by atoms with E-state index in [1.807, 2.05) is 0 Å². The third-order valence-electron chi connectivity index (χ3n) is 1.35.